The molecule has 0 atom stereocenters. The van der Waals surface area contributed by atoms with E-state index in [1.807, 2.05) is 0 Å². The molecule has 0 aliphatic rings. The monoisotopic (exact) mass is 492 g/mol. The predicted molar refractivity (Wildman–Crippen MR) is 117 cm³/mol. The molecule has 2 N–H and O–H groups in total. The van der Waals surface area contributed by atoms with Crippen molar-refractivity contribution in [2.75, 3.05) is 16.6 Å². The second-order valence-electron chi connectivity index (χ2n) is 5.96. The van der Waals surface area contributed by atoms with Crippen LogP contribution in [0.25, 0.3) is 0 Å². The maximum absolute atomic E-state index is 12.8. The fraction of sp³-hybridized carbons (Fsp3) is 0.105. The van der Waals surface area contributed by atoms with Gasteiger partial charge < -0.3 is 10.1 Å². The molecule has 3 rings (SSSR count). The van der Waals surface area contributed by atoms with Gasteiger partial charge in [-0.05, 0) is 55.5 Å². The minimum Gasteiger partial charge on any atom is -0.492 e. The van der Waals surface area contributed by atoms with Crippen LogP contribution in [0.2, 0.25) is 0 Å². The zero-order valence-corrected chi connectivity index (χ0v) is 18.1. The van der Waals surface area contributed by atoms with E-state index in [-0.39, 0.29) is 22.2 Å². The highest BCUT2D eigenvalue weighted by Crippen LogP contribution is 2.30. The molecule has 156 valence electrons. The second-order valence-corrected chi connectivity index (χ2v) is 8.53. The topological polar surface area (TPSA) is 123 Å². The molecule has 0 radical (unpaired) electrons. The third-order valence-electron chi connectivity index (χ3n) is 3.88. The Labute approximate surface area is 181 Å². The lowest BCUT2D eigenvalue weighted by Crippen LogP contribution is -2.14. The van der Waals surface area contributed by atoms with Crippen molar-refractivity contribution in [3.63, 3.8) is 0 Å². The van der Waals surface area contributed by atoms with Gasteiger partial charge in [0, 0.05) is 28.1 Å². The largest absolute Gasteiger partial charge is 0.492 e. The Morgan fingerprint density at radius 3 is 2.50 bits per heavy atom. The summed E-state index contributed by atoms with van der Waals surface area (Å²) in [6, 6.07) is 13.8. The lowest BCUT2D eigenvalue weighted by Gasteiger charge is -2.13. The molecule has 9 nitrogen and oxygen atoms in total. The van der Waals surface area contributed by atoms with Gasteiger partial charge in [0.15, 0.2) is 0 Å². The summed E-state index contributed by atoms with van der Waals surface area (Å²) in [5.41, 5.74) is 0.663. The number of benzene rings is 2. The van der Waals surface area contributed by atoms with Crippen LogP contribution in [0.1, 0.15) is 6.92 Å². The van der Waals surface area contributed by atoms with E-state index in [0.717, 1.165) is 0 Å². The van der Waals surface area contributed by atoms with Crippen molar-refractivity contribution < 1.29 is 18.1 Å². The lowest BCUT2D eigenvalue weighted by atomic mass is 10.3. The lowest BCUT2D eigenvalue weighted by molar-refractivity contribution is -0.384. The first kappa shape index (κ1) is 21.5. The fourth-order valence-corrected chi connectivity index (χ4v) is 4.32. The van der Waals surface area contributed by atoms with Crippen LogP contribution >= 0.6 is 15.9 Å². The Kier molecular flexibility index (Phi) is 6.53. The van der Waals surface area contributed by atoms with Gasteiger partial charge in [0.1, 0.15) is 10.6 Å². The van der Waals surface area contributed by atoms with Crippen LogP contribution in [0.15, 0.2) is 70.2 Å². The van der Waals surface area contributed by atoms with E-state index in [0.29, 0.717) is 22.5 Å². The summed E-state index contributed by atoms with van der Waals surface area (Å²) < 4.78 is 34.2. The summed E-state index contributed by atoms with van der Waals surface area (Å²) in [6.07, 6.45) is 1.44. The number of aromatic nitrogens is 1. The van der Waals surface area contributed by atoms with Gasteiger partial charge in [-0.2, -0.15) is 0 Å². The van der Waals surface area contributed by atoms with Crippen molar-refractivity contribution in [3.8, 4) is 5.75 Å². The molecule has 0 spiro atoms. The molecule has 0 aliphatic carbocycles. The van der Waals surface area contributed by atoms with Crippen LogP contribution in [-0.2, 0) is 10.0 Å². The Morgan fingerprint density at radius 2 is 1.83 bits per heavy atom. The van der Waals surface area contributed by atoms with Gasteiger partial charge >= 0.3 is 5.69 Å². The molecule has 0 aliphatic heterocycles. The van der Waals surface area contributed by atoms with E-state index in [1.54, 1.807) is 31.2 Å². The highest BCUT2D eigenvalue weighted by molar-refractivity contribution is 9.10. The number of rotatable bonds is 8. The zero-order chi connectivity index (χ0) is 21.7. The molecule has 0 bridgehead atoms. The van der Waals surface area contributed by atoms with Gasteiger partial charge in [-0.15, -0.1) is 0 Å². The van der Waals surface area contributed by atoms with Crippen molar-refractivity contribution in [2.24, 2.45) is 0 Å². The van der Waals surface area contributed by atoms with Crippen molar-refractivity contribution >= 4 is 48.8 Å². The van der Waals surface area contributed by atoms with Crippen molar-refractivity contribution in [1.29, 1.82) is 0 Å². The molecule has 0 unspecified atom stereocenters. The van der Waals surface area contributed by atoms with E-state index < -0.39 is 14.9 Å². The van der Waals surface area contributed by atoms with Crippen LogP contribution in [0, 0.1) is 10.1 Å². The Balaban J connectivity index is 1.81. The Morgan fingerprint density at radius 1 is 1.13 bits per heavy atom. The van der Waals surface area contributed by atoms with Crippen molar-refractivity contribution in [3.05, 3.63) is 75.4 Å². The first-order valence-corrected chi connectivity index (χ1v) is 11.0. The Bertz CT molecular complexity index is 1170. The van der Waals surface area contributed by atoms with E-state index in [9.17, 15) is 18.5 Å². The molecule has 0 amide bonds. The molecule has 0 saturated carbocycles. The number of nitrogens with zero attached hydrogens (tertiary/aromatic N) is 2. The summed E-state index contributed by atoms with van der Waals surface area (Å²) in [7, 11) is -3.91. The van der Waals surface area contributed by atoms with Gasteiger partial charge in [0.2, 0.25) is 5.82 Å². The summed E-state index contributed by atoms with van der Waals surface area (Å²) in [5.74, 6) is 0.334. The van der Waals surface area contributed by atoms with Gasteiger partial charge in [-0.3, -0.25) is 14.8 Å². The van der Waals surface area contributed by atoms with Crippen molar-refractivity contribution in [1.82, 2.24) is 4.98 Å². The second kappa shape index (κ2) is 9.09. The zero-order valence-electron chi connectivity index (χ0n) is 15.7. The summed E-state index contributed by atoms with van der Waals surface area (Å²) in [4.78, 5) is 14.5. The van der Waals surface area contributed by atoms with E-state index in [1.165, 1.54) is 36.5 Å². The smallest absolute Gasteiger partial charge is 0.311 e. The number of anilines is 3. The van der Waals surface area contributed by atoms with Crippen LogP contribution in [0.4, 0.5) is 22.9 Å². The van der Waals surface area contributed by atoms with Gasteiger partial charge in [0.05, 0.1) is 11.5 Å². The molecule has 30 heavy (non-hydrogen) atoms. The molecule has 0 saturated heterocycles. The van der Waals surface area contributed by atoms with Gasteiger partial charge in [-0.25, -0.2) is 13.4 Å². The summed E-state index contributed by atoms with van der Waals surface area (Å²) in [6.45, 7) is 2.09. The van der Waals surface area contributed by atoms with Crippen LogP contribution in [0.3, 0.4) is 0 Å². The standard InChI is InChI=1S/C19H17BrN4O5S/c1-2-29-17-10-5-13(20)12-18(17)30(27,28)23-15-8-6-14(7-9-15)22-19-16(24(25)26)4-3-11-21-19/h3-12,23H,2H2,1H3,(H,21,22). The van der Waals surface area contributed by atoms with E-state index in [2.05, 4.69) is 31.0 Å². The van der Waals surface area contributed by atoms with Crippen molar-refractivity contribution in [2.45, 2.75) is 11.8 Å². The minimum absolute atomic E-state index is 0.00466. The van der Waals surface area contributed by atoms with E-state index in [4.69, 9.17) is 4.74 Å². The molecule has 2 aromatic carbocycles. The van der Waals surface area contributed by atoms with Gasteiger partial charge in [-0.1, -0.05) is 15.9 Å². The molecule has 1 aromatic heterocycles. The highest BCUT2D eigenvalue weighted by Gasteiger charge is 2.21. The third kappa shape index (κ3) is 5.05. The molecule has 0 fully saturated rings. The number of pyridine rings is 1. The van der Waals surface area contributed by atoms with Crippen LogP contribution in [-0.4, -0.2) is 24.9 Å². The van der Waals surface area contributed by atoms with Crippen LogP contribution < -0.4 is 14.8 Å². The minimum atomic E-state index is -3.91. The van der Waals surface area contributed by atoms with E-state index >= 15 is 0 Å². The maximum Gasteiger partial charge on any atom is 0.311 e. The summed E-state index contributed by atoms with van der Waals surface area (Å²) >= 11 is 3.27. The molecule has 3 aromatic rings. The number of hydrogen-bond donors (Lipinski definition) is 2. The number of sulfonamides is 1. The molecule has 11 heteroatoms. The van der Waals surface area contributed by atoms with Gasteiger partial charge in [0.25, 0.3) is 10.0 Å². The summed E-state index contributed by atoms with van der Waals surface area (Å²) in [5, 5.41) is 13.9. The number of ether oxygens (including phenoxy) is 1. The Hall–Kier alpha value is -3.18. The number of hydrogen-bond acceptors (Lipinski definition) is 7. The average Bonchev–Trinajstić information content (AvgIpc) is 2.71. The predicted octanol–water partition coefficient (Wildman–Crippen LogP) is 4.70. The normalized spacial score (nSPS) is 11.0. The van der Waals surface area contributed by atoms with Crippen LogP contribution in [0.5, 0.6) is 5.75 Å². The number of nitrogens with one attached hydrogen (secondary N) is 2. The number of halogens is 1. The molecule has 1 heterocycles. The first-order valence-electron chi connectivity index (χ1n) is 8.72. The highest BCUT2D eigenvalue weighted by atomic mass is 79.9. The molecular formula is C19H17BrN4O5S. The third-order valence-corrected chi connectivity index (χ3v) is 5.77. The first-order chi connectivity index (χ1) is 14.3. The fourth-order valence-electron chi connectivity index (χ4n) is 2.58. The SMILES string of the molecule is CCOc1ccc(Br)cc1S(=O)(=O)Nc1ccc(Nc2ncccc2[N+](=O)[O-])cc1. The molecular weight excluding hydrogens is 476 g/mol. The number of nitro groups is 1. The quantitative estimate of drug-likeness (QED) is 0.345. The average molecular weight is 493 g/mol. The maximum atomic E-state index is 12.8.